The third kappa shape index (κ3) is 5.44. The largest absolute Gasteiger partial charge is 0.393 e. The van der Waals surface area contributed by atoms with Crippen LogP contribution in [0.1, 0.15) is 98.3 Å². The summed E-state index contributed by atoms with van der Waals surface area (Å²) in [5.41, 5.74) is 10.8. The summed E-state index contributed by atoms with van der Waals surface area (Å²) in [6.45, 7) is 13.6. The zero-order valence-electron chi connectivity index (χ0n) is 19.5. The summed E-state index contributed by atoms with van der Waals surface area (Å²) in [7, 11) is 0. The fourth-order valence-electron chi connectivity index (χ4n) is 6.69. The van der Waals surface area contributed by atoms with E-state index in [1.54, 1.807) is 5.57 Å². The van der Waals surface area contributed by atoms with Gasteiger partial charge in [-0.3, -0.25) is 0 Å². The van der Waals surface area contributed by atoms with Crippen molar-refractivity contribution in [2.45, 2.75) is 110 Å². The molecule has 0 saturated heterocycles. The molecule has 3 fully saturated rings. The Hall–Kier alpha value is -0.860. The molecule has 2 nitrogen and oxygen atoms in total. The van der Waals surface area contributed by atoms with Crippen molar-refractivity contribution in [2.24, 2.45) is 28.9 Å². The highest BCUT2D eigenvalue weighted by atomic mass is 16.3. The van der Waals surface area contributed by atoms with Crippen molar-refractivity contribution < 1.29 is 5.11 Å². The van der Waals surface area contributed by atoms with Crippen LogP contribution in [0.2, 0.25) is 0 Å². The quantitative estimate of drug-likeness (QED) is 0.522. The molecule has 0 aromatic heterocycles. The maximum Gasteiger partial charge on any atom is 0.0583 e. The van der Waals surface area contributed by atoms with Crippen LogP contribution in [0.25, 0.3) is 0 Å². The topological polar surface area (TPSA) is 46.2 Å². The summed E-state index contributed by atoms with van der Waals surface area (Å²) in [6, 6.07) is 0. The monoisotopic (exact) mass is 399 g/mol. The number of aliphatic hydroxyl groups excluding tert-OH is 1. The van der Waals surface area contributed by atoms with Gasteiger partial charge >= 0.3 is 0 Å². The van der Waals surface area contributed by atoms with E-state index in [1.165, 1.54) is 56.1 Å². The van der Waals surface area contributed by atoms with Crippen molar-refractivity contribution in [2.75, 3.05) is 0 Å². The van der Waals surface area contributed by atoms with Crippen molar-refractivity contribution in [3.05, 3.63) is 35.5 Å². The molecular formula is C27H45NO. The minimum absolute atomic E-state index is 0.0349. The van der Waals surface area contributed by atoms with Crippen LogP contribution in [0.15, 0.2) is 35.5 Å². The minimum Gasteiger partial charge on any atom is -0.393 e. The highest BCUT2D eigenvalue weighted by Gasteiger charge is 2.50. The number of allylic oxidation sites excluding steroid dienone is 4. The van der Waals surface area contributed by atoms with Crippen LogP contribution in [0.5, 0.6) is 0 Å². The van der Waals surface area contributed by atoms with E-state index in [0.29, 0.717) is 5.41 Å². The van der Waals surface area contributed by atoms with Crippen molar-refractivity contribution in [1.82, 2.24) is 0 Å². The molecule has 3 aliphatic carbocycles. The zero-order chi connectivity index (χ0) is 21.2. The minimum atomic E-state index is -0.183. The Morgan fingerprint density at radius 1 is 1.24 bits per heavy atom. The van der Waals surface area contributed by atoms with Gasteiger partial charge in [0.15, 0.2) is 0 Å². The van der Waals surface area contributed by atoms with Gasteiger partial charge in [0.05, 0.1) is 6.10 Å². The standard InChI is InChI=1S/C27H45NO/c1-19-10-13-23(29)18-22(19)12-11-21-9-7-17-27(5)24(14-15-25(21)27)20(2)8-6-16-26(3,4)28/h11-12,20,23-25,29H,1,6-10,13-18,28H2,2-5H3/b21-11+,22-12-/t20-,23+,24-,25+,27-/m1/s1. The lowest BCUT2D eigenvalue weighted by Gasteiger charge is -2.44. The van der Waals surface area contributed by atoms with Gasteiger partial charge in [0.1, 0.15) is 0 Å². The predicted molar refractivity (Wildman–Crippen MR) is 125 cm³/mol. The average molecular weight is 400 g/mol. The summed E-state index contributed by atoms with van der Waals surface area (Å²) in [4.78, 5) is 0. The second kappa shape index (κ2) is 9.10. The molecule has 29 heavy (non-hydrogen) atoms. The lowest BCUT2D eigenvalue weighted by Crippen LogP contribution is -2.36. The van der Waals surface area contributed by atoms with E-state index >= 15 is 0 Å². The summed E-state index contributed by atoms with van der Waals surface area (Å²) >= 11 is 0. The van der Waals surface area contributed by atoms with Gasteiger partial charge in [0.25, 0.3) is 0 Å². The van der Waals surface area contributed by atoms with E-state index in [0.717, 1.165) is 43.4 Å². The van der Waals surface area contributed by atoms with Gasteiger partial charge in [-0.1, -0.05) is 56.6 Å². The van der Waals surface area contributed by atoms with Gasteiger partial charge in [0, 0.05) is 5.54 Å². The van der Waals surface area contributed by atoms with Gasteiger partial charge in [-0.05, 0) is 100 Å². The zero-order valence-corrected chi connectivity index (χ0v) is 19.5. The molecule has 2 heteroatoms. The first-order valence-corrected chi connectivity index (χ1v) is 12.1. The smallest absolute Gasteiger partial charge is 0.0583 e. The Labute approximate surface area is 179 Å². The second-order valence-electron chi connectivity index (χ2n) is 11.4. The molecule has 0 aliphatic heterocycles. The van der Waals surface area contributed by atoms with Crippen molar-refractivity contribution >= 4 is 0 Å². The summed E-state index contributed by atoms with van der Waals surface area (Å²) < 4.78 is 0. The number of nitrogens with two attached hydrogens (primary N) is 1. The molecule has 0 radical (unpaired) electrons. The first kappa shape index (κ1) is 22.8. The van der Waals surface area contributed by atoms with E-state index in [-0.39, 0.29) is 11.6 Å². The molecule has 0 amide bonds. The van der Waals surface area contributed by atoms with E-state index in [4.69, 9.17) is 5.73 Å². The molecule has 0 aromatic carbocycles. The number of fused-ring (bicyclic) bond motifs is 1. The molecule has 3 rings (SSSR count). The van der Waals surface area contributed by atoms with Crippen LogP contribution in [0.3, 0.4) is 0 Å². The van der Waals surface area contributed by atoms with Crippen LogP contribution in [0, 0.1) is 23.2 Å². The van der Waals surface area contributed by atoms with Crippen LogP contribution in [-0.4, -0.2) is 16.7 Å². The van der Waals surface area contributed by atoms with E-state index in [1.807, 2.05) is 0 Å². The van der Waals surface area contributed by atoms with Crippen LogP contribution in [0.4, 0.5) is 0 Å². The fraction of sp³-hybridized carbons (Fsp3) is 0.778. The maximum absolute atomic E-state index is 10.0. The van der Waals surface area contributed by atoms with Gasteiger partial charge in [-0.15, -0.1) is 0 Å². The summed E-state index contributed by atoms with van der Waals surface area (Å²) in [6.07, 6.45) is 17.5. The lowest BCUT2D eigenvalue weighted by atomic mass is 9.60. The Bertz CT molecular complexity index is 652. The van der Waals surface area contributed by atoms with E-state index < -0.39 is 0 Å². The van der Waals surface area contributed by atoms with Crippen molar-refractivity contribution in [3.63, 3.8) is 0 Å². The third-order valence-corrected chi connectivity index (χ3v) is 8.39. The van der Waals surface area contributed by atoms with Gasteiger partial charge in [-0.2, -0.15) is 0 Å². The first-order chi connectivity index (χ1) is 13.6. The van der Waals surface area contributed by atoms with Crippen molar-refractivity contribution in [1.29, 1.82) is 0 Å². The Balaban J connectivity index is 1.68. The molecule has 0 unspecified atom stereocenters. The molecule has 164 valence electrons. The number of hydrogen-bond acceptors (Lipinski definition) is 2. The number of rotatable bonds is 6. The highest BCUT2D eigenvalue weighted by molar-refractivity contribution is 5.36. The number of hydrogen-bond donors (Lipinski definition) is 2. The molecule has 0 spiro atoms. The van der Waals surface area contributed by atoms with Gasteiger partial charge in [-0.25, -0.2) is 0 Å². The summed E-state index contributed by atoms with van der Waals surface area (Å²) in [5.74, 6) is 2.38. The third-order valence-electron chi connectivity index (χ3n) is 8.39. The Morgan fingerprint density at radius 2 is 2.00 bits per heavy atom. The van der Waals surface area contributed by atoms with Gasteiger partial charge in [0.2, 0.25) is 0 Å². The number of aliphatic hydroxyl groups is 1. The first-order valence-electron chi connectivity index (χ1n) is 12.1. The van der Waals surface area contributed by atoms with Crippen LogP contribution in [-0.2, 0) is 0 Å². The Kier molecular flexibility index (Phi) is 7.16. The molecule has 3 aliphatic rings. The maximum atomic E-state index is 10.0. The fourth-order valence-corrected chi connectivity index (χ4v) is 6.69. The molecule has 0 heterocycles. The van der Waals surface area contributed by atoms with Crippen molar-refractivity contribution in [3.8, 4) is 0 Å². The second-order valence-corrected chi connectivity index (χ2v) is 11.4. The van der Waals surface area contributed by atoms with Gasteiger partial charge < -0.3 is 10.8 Å². The molecule has 3 saturated carbocycles. The Morgan fingerprint density at radius 3 is 2.72 bits per heavy atom. The molecule has 3 N–H and O–H groups in total. The average Bonchev–Trinajstić information content (AvgIpc) is 2.99. The predicted octanol–water partition coefficient (Wildman–Crippen LogP) is 6.70. The highest BCUT2D eigenvalue weighted by Crippen LogP contribution is 2.59. The molecular weight excluding hydrogens is 354 g/mol. The normalized spacial score (nSPS) is 37.2. The van der Waals surface area contributed by atoms with Crippen LogP contribution >= 0.6 is 0 Å². The van der Waals surface area contributed by atoms with E-state index in [9.17, 15) is 5.11 Å². The van der Waals surface area contributed by atoms with E-state index in [2.05, 4.69) is 46.4 Å². The molecule has 5 atom stereocenters. The van der Waals surface area contributed by atoms with Crippen LogP contribution < -0.4 is 5.73 Å². The lowest BCUT2D eigenvalue weighted by molar-refractivity contribution is 0.0926. The molecule has 0 bridgehead atoms. The summed E-state index contributed by atoms with van der Waals surface area (Å²) in [5, 5.41) is 10.0. The molecule has 0 aromatic rings. The SMILES string of the molecule is C=C1CC[C@H](O)C/C1=C/C=C1\CCC[C@]2(C)[C@@H]([C@H](C)CCCC(C)(C)N)CC[C@@H]12.